The first-order valence-electron chi connectivity index (χ1n) is 15.8. The zero-order valence-electron chi connectivity index (χ0n) is 26.4. The minimum atomic E-state index is -0.477. The highest BCUT2D eigenvalue weighted by Gasteiger charge is 2.28. The van der Waals surface area contributed by atoms with E-state index in [1.54, 1.807) is 30.6 Å². The lowest BCUT2D eigenvalue weighted by Crippen LogP contribution is -2.36. The van der Waals surface area contributed by atoms with Crippen molar-refractivity contribution in [1.82, 2.24) is 15.0 Å². The normalized spacial score (nSPS) is 13.6. The number of H-pyrrole nitrogens is 1. The zero-order chi connectivity index (χ0) is 34.3. The first-order chi connectivity index (χ1) is 23.8. The summed E-state index contributed by atoms with van der Waals surface area (Å²) in [6.45, 7) is 1.08. The number of nitrogens with two attached hydrogens (primary N) is 1. The van der Waals surface area contributed by atoms with Crippen molar-refractivity contribution in [3.63, 3.8) is 0 Å². The maximum absolute atomic E-state index is 13.8. The first-order valence-corrected chi connectivity index (χ1v) is 16.2. The molecule has 1 aliphatic heterocycles. The molecule has 1 fully saturated rings. The number of para-hydroxylation sites is 1. The number of nitrogen functional groups attached to an aromatic ring is 1. The van der Waals surface area contributed by atoms with E-state index in [9.17, 15) is 18.8 Å². The number of anilines is 3. The molecule has 2 aromatic heterocycles. The molecule has 2 amide bonds. The van der Waals surface area contributed by atoms with Gasteiger partial charge in [0.15, 0.2) is 5.78 Å². The number of ether oxygens (including phenoxy) is 1. The average Bonchev–Trinajstić information content (AvgIpc) is 3.54. The number of nitrogens with one attached hydrogen (secondary N) is 2. The Morgan fingerprint density at radius 2 is 1.84 bits per heavy atom. The fourth-order valence-corrected chi connectivity index (χ4v) is 5.95. The zero-order valence-corrected chi connectivity index (χ0v) is 27.1. The fraction of sp³-hybridized carbons (Fsp3) is 0.222. The lowest BCUT2D eigenvalue weighted by atomic mass is 9.95. The number of piperidine rings is 1. The van der Waals surface area contributed by atoms with Gasteiger partial charge in [-0.2, -0.15) is 0 Å². The highest BCUT2D eigenvalue weighted by Crippen LogP contribution is 2.34. The summed E-state index contributed by atoms with van der Waals surface area (Å²) in [7, 11) is 0. The Morgan fingerprint density at radius 1 is 1.04 bits per heavy atom. The predicted octanol–water partition coefficient (Wildman–Crippen LogP) is 6.98. The van der Waals surface area contributed by atoms with Crippen LogP contribution < -0.4 is 20.7 Å². The van der Waals surface area contributed by atoms with Crippen LogP contribution in [0.1, 0.15) is 48.0 Å². The largest absolute Gasteiger partial charge is 0.457 e. The molecule has 4 N–H and O–H groups in total. The fourth-order valence-electron chi connectivity index (χ4n) is 5.69. The SMILES string of the molecule is Nc1cc(F)ccc1NC(=O)CCCC=NC(=O)C1CCN(c2ncnc3[nH]cc(C(=O)c4ccc(Oc5ccccc5)cc4Cl)c23)CC1. The summed E-state index contributed by atoms with van der Waals surface area (Å²) in [5, 5.41) is 3.50. The molecule has 0 spiro atoms. The number of benzene rings is 3. The molecule has 0 saturated carbocycles. The standard InChI is InChI=1S/C36H33ClFN7O4/c37-28-19-25(49-24-6-2-1-3-7-24)10-11-26(28)33(47)27-20-41-34-32(27)35(43-21-42-34)45-16-13-22(14-17-45)36(48)40-15-5-4-8-31(46)44-30-12-9-23(38)18-29(30)39/h1-3,6-7,9-12,15,18-22H,4-5,8,13-14,16-17,39H2,(H,44,46)(H,41,42,43). The maximum atomic E-state index is 13.8. The monoisotopic (exact) mass is 681 g/mol. The minimum absolute atomic E-state index is 0.152. The second-order valence-corrected chi connectivity index (χ2v) is 12.0. The predicted molar refractivity (Wildman–Crippen MR) is 187 cm³/mol. The molecule has 0 radical (unpaired) electrons. The van der Waals surface area contributed by atoms with Gasteiger partial charge in [-0.25, -0.2) is 19.4 Å². The summed E-state index contributed by atoms with van der Waals surface area (Å²) in [4.78, 5) is 56.9. The number of nitrogens with zero attached hydrogens (tertiary/aromatic N) is 4. The molecule has 0 unspecified atom stereocenters. The molecule has 3 heterocycles. The van der Waals surface area contributed by atoms with Crippen molar-refractivity contribution < 1.29 is 23.5 Å². The number of carbonyl (C=O) groups excluding carboxylic acids is 3. The molecule has 0 aliphatic carbocycles. The lowest BCUT2D eigenvalue weighted by Gasteiger charge is -2.31. The number of rotatable bonds is 11. The van der Waals surface area contributed by atoms with Crippen LogP contribution in [0.5, 0.6) is 11.5 Å². The first kappa shape index (κ1) is 33.3. The molecule has 49 heavy (non-hydrogen) atoms. The molecular formula is C36H33ClFN7O4. The van der Waals surface area contributed by atoms with Crippen molar-refractivity contribution in [2.75, 3.05) is 29.0 Å². The van der Waals surface area contributed by atoms with E-state index in [4.69, 9.17) is 22.1 Å². The van der Waals surface area contributed by atoms with Gasteiger partial charge in [0.1, 0.15) is 35.1 Å². The number of carbonyl (C=O) groups is 3. The van der Waals surface area contributed by atoms with E-state index in [-0.39, 0.29) is 40.6 Å². The Morgan fingerprint density at radius 3 is 2.59 bits per heavy atom. The van der Waals surface area contributed by atoms with Crippen molar-refractivity contribution in [3.8, 4) is 11.5 Å². The summed E-state index contributed by atoms with van der Waals surface area (Å²) in [6.07, 6.45) is 6.87. The lowest BCUT2D eigenvalue weighted by molar-refractivity contribution is -0.122. The second kappa shape index (κ2) is 15.1. The topological polar surface area (TPSA) is 156 Å². The Kier molecular flexibility index (Phi) is 10.2. The second-order valence-electron chi connectivity index (χ2n) is 11.6. The number of unbranched alkanes of at least 4 members (excludes halogenated alkanes) is 1. The van der Waals surface area contributed by atoms with Crippen LogP contribution in [-0.4, -0.2) is 51.9 Å². The molecule has 13 heteroatoms. The summed E-state index contributed by atoms with van der Waals surface area (Å²) in [5.41, 5.74) is 7.47. The smallest absolute Gasteiger partial charge is 0.248 e. The molecule has 3 aromatic carbocycles. The van der Waals surface area contributed by atoms with Crippen molar-refractivity contribution in [3.05, 3.63) is 101 Å². The molecule has 1 saturated heterocycles. The van der Waals surface area contributed by atoms with Gasteiger partial charge >= 0.3 is 0 Å². The molecule has 0 bridgehead atoms. The third-order valence-corrected chi connectivity index (χ3v) is 8.56. The van der Waals surface area contributed by atoms with E-state index in [2.05, 4.69) is 25.3 Å². The van der Waals surface area contributed by atoms with Gasteiger partial charge in [0.05, 0.1) is 27.3 Å². The highest BCUT2D eigenvalue weighted by atomic mass is 35.5. The van der Waals surface area contributed by atoms with Crippen molar-refractivity contribution >= 4 is 63.6 Å². The van der Waals surface area contributed by atoms with Crippen molar-refractivity contribution in [2.45, 2.75) is 32.1 Å². The molecular weight excluding hydrogens is 649 g/mol. The average molecular weight is 682 g/mol. The quantitative estimate of drug-likeness (QED) is 0.0584. The molecule has 6 rings (SSSR count). The van der Waals surface area contributed by atoms with Gasteiger partial charge in [0.25, 0.3) is 0 Å². The number of amides is 2. The van der Waals surface area contributed by atoms with Crippen LogP contribution in [0.15, 0.2) is 84.2 Å². The van der Waals surface area contributed by atoms with Gasteiger partial charge < -0.3 is 25.7 Å². The number of hydrogen-bond acceptors (Lipinski definition) is 8. The highest BCUT2D eigenvalue weighted by molar-refractivity contribution is 6.35. The summed E-state index contributed by atoms with van der Waals surface area (Å²) < 4.78 is 19.1. The van der Waals surface area contributed by atoms with Crippen LogP contribution in [0.25, 0.3) is 11.0 Å². The van der Waals surface area contributed by atoms with Crippen LogP contribution >= 0.6 is 11.6 Å². The van der Waals surface area contributed by atoms with Crippen LogP contribution in [0.3, 0.4) is 0 Å². The van der Waals surface area contributed by atoms with Gasteiger partial charge in [-0.1, -0.05) is 29.8 Å². The van der Waals surface area contributed by atoms with Gasteiger partial charge in [0, 0.05) is 49.5 Å². The van der Waals surface area contributed by atoms with Gasteiger partial charge in [-0.05, 0) is 68.1 Å². The minimum Gasteiger partial charge on any atom is -0.457 e. The third kappa shape index (κ3) is 7.92. The van der Waals surface area contributed by atoms with E-state index < -0.39 is 5.82 Å². The van der Waals surface area contributed by atoms with Gasteiger partial charge in [0.2, 0.25) is 11.8 Å². The van der Waals surface area contributed by atoms with Crippen LogP contribution in [0.4, 0.5) is 21.6 Å². The third-order valence-electron chi connectivity index (χ3n) is 8.25. The Bertz CT molecular complexity index is 2030. The number of fused-ring (bicyclic) bond motifs is 1. The summed E-state index contributed by atoms with van der Waals surface area (Å²) in [5.74, 6) is 0.288. The Hall–Kier alpha value is -5.62. The summed E-state index contributed by atoms with van der Waals surface area (Å²) in [6, 6.07) is 18.0. The maximum Gasteiger partial charge on any atom is 0.248 e. The molecule has 11 nitrogen and oxygen atoms in total. The van der Waals surface area contributed by atoms with Crippen LogP contribution in [0, 0.1) is 11.7 Å². The van der Waals surface area contributed by atoms with Crippen molar-refractivity contribution in [2.24, 2.45) is 10.9 Å². The number of ketones is 1. The van der Waals surface area contributed by atoms with E-state index in [0.717, 1.165) is 6.07 Å². The van der Waals surface area contributed by atoms with Crippen LogP contribution in [0.2, 0.25) is 5.02 Å². The number of aliphatic imine (C=N–C) groups is 1. The number of halogens is 2. The van der Waals surface area contributed by atoms with Crippen LogP contribution in [-0.2, 0) is 9.59 Å². The van der Waals surface area contributed by atoms with E-state index in [0.29, 0.717) is 83.9 Å². The van der Waals surface area contributed by atoms with Gasteiger partial charge in [-0.3, -0.25) is 14.4 Å². The Labute approximate surface area is 286 Å². The number of aromatic nitrogens is 3. The molecule has 250 valence electrons. The molecule has 5 aromatic rings. The van der Waals surface area contributed by atoms with E-state index in [1.165, 1.54) is 18.5 Å². The molecule has 1 aliphatic rings. The number of aromatic amines is 1. The van der Waals surface area contributed by atoms with E-state index in [1.807, 2.05) is 35.2 Å². The number of hydrogen-bond donors (Lipinski definition) is 3. The van der Waals surface area contributed by atoms with Crippen molar-refractivity contribution in [1.29, 1.82) is 0 Å². The van der Waals surface area contributed by atoms with Gasteiger partial charge in [-0.15, -0.1) is 0 Å². The van der Waals surface area contributed by atoms with E-state index >= 15 is 0 Å². The molecule has 0 atom stereocenters. The summed E-state index contributed by atoms with van der Waals surface area (Å²) >= 11 is 6.57. The Balaban J connectivity index is 1.04.